The SMILES string of the molecule is CC[C@H](O)c1ccc(-n2ccnc2)cn1. The Bertz CT molecular complexity index is 408. The molecule has 15 heavy (non-hydrogen) atoms. The van der Waals surface area contributed by atoms with Crippen LogP contribution in [0.5, 0.6) is 0 Å². The third-order valence-corrected chi connectivity index (χ3v) is 2.30. The van der Waals surface area contributed by atoms with Crippen molar-refractivity contribution in [1.82, 2.24) is 14.5 Å². The fraction of sp³-hybridized carbons (Fsp3) is 0.273. The van der Waals surface area contributed by atoms with Crippen molar-refractivity contribution < 1.29 is 5.11 Å². The van der Waals surface area contributed by atoms with Crippen LogP contribution in [-0.2, 0) is 0 Å². The Balaban J connectivity index is 2.25. The molecule has 0 aliphatic rings. The van der Waals surface area contributed by atoms with Crippen molar-refractivity contribution in [3.8, 4) is 5.69 Å². The minimum atomic E-state index is -0.471. The summed E-state index contributed by atoms with van der Waals surface area (Å²) in [5.41, 5.74) is 1.65. The van der Waals surface area contributed by atoms with Gasteiger partial charge in [-0.05, 0) is 18.6 Å². The Morgan fingerprint density at radius 1 is 1.47 bits per heavy atom. The molecule has 2 aromatic heterocycles. The molecule has 0 amide bonds. The molecule has 0 fully saturated rings. The van der Waals surface area contributed by atoms with Crippen molar-refractivity contribution in [3.63, 3.8) is 0 Å². The molecule has 0 aliphatic heterocycles. The number of hydrogen-bond acceptors (Lipinski definition) is 3. The van der Waals surface area contributed by atoms with E-state index in [4.69, 9.17) is 0 Å². The second kappa shape index (κ2) is 4.23. The molecule has 0 saturated heterocycles. The maximum atomic E-state index is 9.57. The van der Waals surface area contributed by atoms with Crippen LogP contribution in [0, 0.1) is 0 Å². The minimum absolute atomic E-state index is 0.471. The number of rotatable bonds is 3. The van der Waals surface area contributed by atoms with E-state index >= 15 is 0 Å². The highest BCUT2D eigenvalue weighted by Gasteiger charge is 2.05. The van der Waals surface area contributed by atoms with Gasteiger partial charge in [0.05, 0.1) is 30.0 Å². The van der Waals surface area contributed by atoms with Crippen molar-refractivity contribution in [2.45, 2.75) is 19.4 Å². The Labute approximate surface area is 88.2 Å². The summed E-state index contributed by atoms with van der Waals surface area (Å²) in [7, 11) is 0. The van der Waals surface area contributed by atoms with Crippen LogP contribution >= 0.6 is 0 Å². The number of aliphatic hydroxyl groups is 1. The molecule has 2 rings (SSSR count). The summed E-state index contributed by atoms with van der Waals surface area (Å²) in [4.78, 5) is 8.16. The van der Waals surface area contributed by atoms with E-state index < -0.39 is 6.10 Å². The smallest absolute Gasteiger partial charge is 0.0992 e. The molecule has 78 valence electrons. The third kappa shape index (κ3) is 2.05. The number of aliphatic hydroxyl groups excluding tert-OH is 1. The maximum absolute atomic E-state index is 9.57. The van der Waals surface area contributed by atoms with E-state index in [1.165, 1.54) is 0 Å². The van der Waals surface area contributed by atoms with Gasteiger partial charge < -0.3 is 9.67 Å². The van der Waals surface area contributed by atoms with Crippen LogP contribution in [0.15, 0.2) is 37.1 Å². The summed E-state index contributed by atoms with van der Waals surface area (Å²) in [6, 6.07) is 3.76. The van der Waals surface area contributed by atoms with Gasteiger partial charge in [-0.2, -0.15) is 0 Å². The van der Waals surface area contributed by atoms with Gasteiger partial charge in [0.1, 0.15) is 0 Å². The number of nitrogens with zero attached hydrogens (tertiary/aromatic N) is 3. The Kier molecular flexibility index (Phi) is 2.78. The molecule has 1 N–H and O–H groups in total. The maximum Gasteiger partial charge on any atom is 0.0992 e. The van der Waals surface area contributed by atoms with Gasteiger partial charge in [0.2, 0.25) is 0 Å². The van der Waals surface area contributed by atoms with Gasteiger partial charge in [0.15, 0.2) is 0 Å². The van der Waals surface area contributed by atoms with Crippen molar-refractivity contribution in [2.75, 3.05) is 0 Å². The summed E-state index contributed by atoms with van der Waals surface area (Å²) in [5.74, 6) is 0. The molecule has 0 aromatic carbocycles. The van der Waals surface area contributed by atoms with E-state index in [0.29, 0.717) is 12.1 Å². The Morgan fingerprint density at radius 3 is 2.87 bits per heavy atom. The highest BCUT2D eigenvalue weighted by molar-refractivity contribution is 5.29. The normalized spacial score (nSPS) is 12.7. The Hall–Kier alpha value is -1.68. The summed E-state index contributed by atoms with van der Waals surface area (Å²) >= 11 is 0. The zero-order valence-electron chi connectivity index (χ0n) is 8.54. The molecule has 4 nitrogen and oxygen atoms in total. The summed E-state index contributed by atoms with van der Waals surface area (Å²) < 4.78 is 1.87. The monoisotopic (exact) mass is 203 g/mol. The first kappa shape index (κ1) is 9.86. The van der Waals surface area contributed by atoms with Gasteiger partial charge in [-0.15, -0.1) is 0 Å². The third-order valence-electron chi connectivity index (χ3n) is 2.30. The average Bonchev–Trinajstić information content (AvgIpc) is 2.82. The second-order valence-electron chi connectivity index (χ2n) is 3.34. The van der Waals surface area contributed by atoms with E-state index in [1.54, 1.807) is 18.7 Å². The van der Waals surface area contributed by atoms with E-state index in [0.717, 1.165) is 5.69 Å². The second-order valence-corrected chi connectivity index (χ2v) is 3.34. The number of aromatic nitrogens is 3. The highest BCUT2D eigenvalue weighted by Crippen LogP contribution is 2.14. The minimum Gasteiger partial charge on any atom is -0.387 e. The van der Waals surface area contributed by atoms with E-state index in [1.807, 2.05) is 29.8 Å². The molecule has 2 heterocycles. The predicted molar refractivity (Wildman–Crippen MR) is 56.6 cm³/mol. The summed E-state index contributed by atoms with van der Waals surface area (Å²) in [5, 5.41) is 9.57. The van der Waals surface area contributed by atoms with Gasteiger partial charge >= 0.3 is 0 Å². The van der Waals surface area contributed by atoms with Crippen molar-refractivity contribution in [2.24, 2.45) is 0 Å². The van der Waals surface area contributed by atoms with Crippen molar-refractivity contribution in [1.29, 1.82) is 0 Å². The molecule has 0 aliphatic carbocycles. The lowest BCUT2D eigenvalue weighted by molar-refractivity contribution is 0.169. The van der Waals surface area contributed by atoms with Crippen LogP contribution in [0.2, 0.25) is 0 Å². The van der Waals surface area contributed by atoms with Gasteiger partial charge in [-0.1, -0.05) is 6.92 Å². The topological polar surface area (TPSA) is 50.9 Å². The molecular weight excluding hydrogens is 190 g/mol. The molecular formula is C11H13N3O. The molecule has 2 aromatic rings. The van der Waals surface area contributed by atoms with Crippen molar-refractivity contribution in [3.05, 3.63) is 42.7 Å². The standard InChI is InChI=1S/C11H13N3O/c1-2-11(15)10-4-3-9(7-13-10)14-6-5-12-8-14/h3-8,11,15H,2H2,1H3/t11-/m0/s1. The molecule has 0 bridgehead atoms. The van der Waals surface area contributed by atoms with Crippen LogP contribution in [0.4, 0.5) is 0 Å². The summed E-state index contributed by atoms with van der Waals surface area (Å²) in [6.45, 7) is 1.93. The fourth-order valence-corrected chi connectivity index (χ4v) is 1.37. The van der Waals surface area contributed by atoms with Gasteiger partial charge in [-0.3, -0.25) is 4.98 Å². The molecule has 0 radical (unpaired) electrons. The molecule has 1 atom stereocenters. The first-order valence-electron chi connectivity index (χ1n) is 4.93. The molecule has 0 spiro atoms. The Morgan fingerprint density at radius 2 is 2.33 bits per heavy atom. The quantitative estimate of drug-likeness (QED) is 0.826. The first-order chi connectivity index (χ1) is 7.31. The summed E-state index contributed by atoms with van der Waals surface area (Å²) in [6.07, 6.45) is 7.23. The van der Waals surface area contributed by atoms with Crippen LogP contribution in [0.3, 0.4) is 0 Å². The molecule has 0 unspecified atom stereocenters. The number of pyridine rings is 1. The number of hydrogen-bond donors (Lipinski definition) is 1. The lowest BCUT2D eigenvalue weighted by Gasteiger charge is -2.07. The molecule has 4 heteroatoms. The predicted octanol–water partition coefficient (Wildman–Crippen LogP) is 1.71. The van der Waals surface area contributed by atoms with Gasteiger partial charge in [-0.25, -0.2) is 4.98 Å². The van der Waals surface area contributed by atoms with Crippen LogP contribution in [-0.4, -0.2) is 19.6 Å². The van der Waals surface area contributed by atoms with Crippen LogP contribution < -0.4 is 0 Å². The lowest BCUT2D eigenvalue weighted by Crippen LogP contribution is -2.00. The van der Waals surface area contributed by atoms with Gasteiger partial charge in [0, 0.05) is 12.4 Å². The first-order valence-corrected chi connectivity index (χ1v) is 4.93. The molecule has 0 saturated carbocycles. The largest absolute Gasteiger partial charge is 0.387 e. The van der Waals surface area contributed by atoms with Gasteiger partial charge in [0.25, 0.3) is 0 Å². The average molecular weight is 203 g/mol. The van der Waals surface area contributed by atoms with E-state index in [9.17, 15) is 5.11 Å². The highest BCUT2D eigenvalue weighted by atomic mass is 16.3. The lowest BCUT2D eigenvalue weighted by atomic mass is 10.2. The zero-order chi connectivity index (χ0) is 10.7. The van der Waals surface area contributed by atoms with Crippen LogP contribution in [0.1, 0.15) is 25.1 Å². The number of imidazole rings is 1. The zero-order valence-corrected chi connectivity index (χ0v) is 8.54. The fourth-order valence-electron chi connectivity index (χ4n) is 1.37. The van der Waals surface area contributed by atoms with E-state index in [2.05, 4.69) is 9.97 Å². The van der Waals surface area contributed by atoms with Crippen LogP contribution in [0.25, 0.3) is 5.69 Å². The van der Waals surface area contributed by atoms with E-state index in [-0.39, 0.29) is 0 Å². The van der Waals surface area contributed by atoms with Crippen molar-refractivity contribution >= 4 is 0 Å².